The van der Waals surface area contributed by atoms with Crippen molar-refractivity contribution in [2.45, 2.75) is 13.5 Å². The van der Waals surface area contributed by atoms with Crippen molar-refractivity contribution in [2.24, 2.45) is 0 Å². The van der Waals surface area contributed by atoms with Gasteiger partial charge in [0.05, 0.1) is 26.3 Å². The summed E-state index contributed by atoms with van der Waals surface area (Å²) >= 11 is 0. The zero-order valence-electron chi connectivity index (χ0n) is 17.9. The van der Waals surface area contributed by atoms with Crippen molar-refractivity contribution in [2.75, 3.05) is 19.1 Å². The Hall–Kier alpha value is -3.86. The van der Waals surface area contributed by atoms with Gasteiger partial charge in [0.2, 0.25) is 5.91 Å². The predicted octanol–water partition coefficient (Wildman–Crippen LogP) is 5.21. The van der Waals surface area contributed by atoms with E-state index < -0.39 is 0 Å². The normalized spacial score (nSPS) is 10.7. The molecule has 0 bridgehead atoms. The Labute approximate surface area is 182 Å². The van der Waals surface area contributed by atoms with E-state index in [-0.39, 0.29) is 11.9 Å². The van der Waals surface area contributed by atoms with Crippen LogP contribution in [-0.2, 0) is 16.1 Å². The zero-order valence-corrected chi connectivity index (χ0v) is 17.9. The van der Waals surface area contributed by atoms with Crippen LogP contribution in [0.15, 0.2) is 72.8 Å². The average molecular weight is 415 g/mol. The first-order valence-corrected chi connectivity index (χ1v) is 9.87. The molecule has 3 aromatic rings. The number of carbonyl (C=O) groups excluding carboxylic acids is 2. The highest BCUT2D eigenvalue weighted by Crippen LogP contribution is 2.22. The summed E-state index contributed by atoms with van der Waals surface area (Å²) in [6.07, 6.45) is 3.98. The molecule has 0 saturated heterocycles. The van der Waals surface area contributed by atoms with Crippen molar-refractivity contribution in [1.82, 2.24) is 0 Å². The molecular weight excluding hydrogens is 390 g/mol. The second kappa shape index (κ2) is 10.3. The van der Waals surface area contributed by atoms with Gasteiger partial charge in [0.1, 0.15) is 5.75 Å². The highest BCUT2D eigenvalue weighted by Gasteiger charge is 2.12. The van der Waals surface area contributed by atoms with E-state index >= 15 is 0 Å². The first-order chi connectivity index (χ1) is 15.0. The Kier molecular flexibility index (Phi) is 7.22. The summed E-state index contributed by atoms with van der Waals surface area (Å²) in [5.41, 5.74) is 4.35. The van der Waals surface area contributed by atoms with Gasteiger partial charge in [-0.05, 0) is 59.2 Å². The number of anilines is 1. The van der Waals surface area contributed by atoms with Gasteiger partial charge in [-0.1, -0.05) is 42.5 Å². The standard InChI is InChI=1S/C26H25NO4/c1-19(28)27(24-13-15-25(30-2)16-14-24)18-22-6-4-5-21(17-22)8-7-20-9-11-23(12-10-20)26(29)31-3/h4-17H,18H2,1-3H3. The third-order valence-corrected chi connectivity index (χ3v) is 4.86. The molecular formula is C26H25NO4. The van der Waals surface area contributed by atoms with E-state index in [0.717, 1.165) is 28.1 Å². The van der Waals surface area contributed by atoms with Crippen LogP contribution in [0.3, 0.4) is 0 Å². The number of amides is 1. The van der Waals surface area contributed by atoms with Gasteiger partial charge in [-0.25, -0.2) is 4.79 Å². The van der Waals surface area contributed by atoms with Crippen molar-refractivity contribution >= 4 is 29.7 Å². The van der Waals surface area contributed by atoms with E-state index in [9.17, 15) is 9.59 Å². The highest BCUT2D eigenvalue weighted by atomic mass is 16.5. The van der Waals surface area contributed by atoms with Gasteiger partial charge in [-0.15, -0.1) is 0 Å². The van der Waals surface area contributed by atoms with Crippen LogP contribution < -0.4 is 9.64 Å². The Morgan fingerprint density at radius 2 is 1.55 bits per heavy atom. The van der Waals surface area contributed by atoms with Crippen LogP contribution in [0.1, 0.15) is 34.0 Å². The van der Waals surface area contributed by atoms with Crippen LogP contribution in [0.2, 0.25) is 0 Å². The summed E-state index contributed by atoms with van der Waals surface area (Å²) < 4.78 is 9.92. The lowest BCUT2D eigenvalue weighted by Crippen LogP contribution is -2.27. The number of hydrogen-bond donors (Lipinski definition) is 0. The minimum absolute atomic E-state index is 0.0307. The number of hydrogen-bond acceptors (Lipinski definition) is 4. The van der Waals surface area contributed by atoms with Crippen molar-refractivity contribution < 1.29 is 19.1 Å². The molecule has 0 heterocycles. The zero-order chi connectivity index (χ0) is 22.2. The molecule has 0 spiro atoms. The van der Waals surface area contributed by atoms with Gasteiger partial charge >= 0.3 is 5.97 Å². The third kappa shape index (κ3) is 5.82. The second-order valence-corrected chi connectivity index (χ2v) is 7.00. The van der Waals surface area contributed by atoms with Gasteiger partial charge in [0.15, 0.2) is 0 Å². The highest BCUT2D eigenvalue weighted by molar-refractivity contribution is 5.91. The van der Waals surface area contributed by atoms with Crippen LogP contribution in [0, 0.1) is 0 Å². The summed E-state index contributed by atoms with van der Waals surface area (Å²) in [7, 11) is 2.98. The van der Waals surface area contributed by atoms with E-state index in [1.54, 1.807) is 31.1 Å². The Bertz CT molecular complexity index is 1070. The number of rotatable bonds is 7. The number of nitrogens with zero attached hydrogens (tertiary/aromatic N) is 1. The molecule has 31 heavy (non-hydrogen) atoms. The summed E-state index contributed by atoms with van der Waals surface area (Å²) in [5, 5.41) is 0. The molecule has 0 atom stereocenters. The van der Waals surface area contributed by atoms with Crippen LogP contribution >= 0.6 is 0 Å². The molecule has 0 fully saturated rings. The first kappa shape index (κ1) is 21.8. The van der Waals surface area contributed by atoms with Gasteiger partial charge < -0.3 is 14.4 Å². The van der Waals surface area contributed by atoms with Gasteiger partial charge in [0.25, 0.3) is 0 Å². The maximum absolute atomic E-state index is 12.2. The fourth-order valence-electron chi connectivity index (χ4n) is 3.16. The van der Waals surface area contributed by atoms with Crippen molar-refractivity contribution in [3.05, 3.63) is 95.1 Å². The smallest absolute Gasteiger partial charge is 0.337 e. The summed E-state index contributed by atoms with van der Waals surface area (Å²) in [5.74, 6) is 0.367. The number of ether oxygens (including phenoxy) is 2. The first-order valence-electron chi connectivity index (χ1n) is 9.87. The molecule has 0 aliphatic heterocycles. The molecule has 0 radical (unpaired) electrons. The van der Waals surface area contributed by atoms with Crippen LogP contribution in [0.25, 0.3) is 12.2 Å². The molecule has 0 N–H and O–H groups in total. The minimum Gasteiger partial charge on any atom is -0.497 e. The predicted molar refractivity (Wildman–Crippen MR) is 123 cm³/mol. The van der Waals surface area contributed by atoms with E-state index in [0.29, 0.717) is 12.1 Å². The summed E-state index contributed by atoms with van der Waals surface area (Å²) in [4.78, 5) is 25.5. The van der Waals surface area contributed by atoms with Gasteiger partial charge in [-0.3, -0.25) is 4.79 Å². The molecule has 3 rings (SSSR count). The lowest BCUT2D eigenvalue weighted by molar-refractivity contribution is -0.116. The maximum atomic E-state index is 12.2. The number of carbonyl (C=O) groups is 2. The molecule has 158 valence electrons. The molecule has 5 nitrogen and oxygen atoms in total. The number of esters is 1. The topological polar surface area (TPSA) is 55.8 Å². The molecule has 0 aliphatic carbocycles. The summed E-state index contributed by atoms with van der Waals surface area (Å²) in [6.45, 7) is 2.03. The fourth-order valence-corrected chi connectivity index (χ4v) is 3.16. The molecule has 0 saturated carbocycles. The van der Waals surface area contributed by atoms with Crippen molar-refractivity contribution in [1.29, 1.82) is 0 Å². The van der Waals surface area contributed by atoms with Crippen molar-refractivity contribution in [3.63, 3.8) is 0 Å². The van der Waals surface area contributed by atoms with Gasteiger partial charge in [-0.2, -0.15) is 0 Å². The largest absolute Gasteiger partial charge is 0.497 e. The molecule has 5 heteroatoms. The molecule has 3 aromatic carbocycles. The number of benzene rings is 3. The minimum atomic E-state index is -0.352. The Balaban J connectivity index is 1.74. The lowest BCUT2D eigenvalue weighted by Gasteiger charge is -2.22. The molecule has 1 amide bonds. The van der Waals surface area contributed by atoms with Crippen molar-refractivity contribution in [3.8, 4) is 5.75 Å². The SMILES string of the molecule is COC(=O)c1ccc(C=Cc2cccc(CN(C(C)=O)c3ccc(OC)cc3)c2)cc1. The molecule has 0 aromatic heterocycles. The third-order valence-electron chi connectivity index (χ3n) is 4.86. The van der Waals surface area contributed by atoms with Gasteiger partial charge in [0, 0.05) is 12.6 Å². The van der Waals surface area contributed by atoms with E-state index in [2.05, 4.69) is 6.07 Å². The van der Waals surface area contributed by atoms with Crippen LogP contribution in [-0.4, -0.2) is 26.1 Å². The van der Waals surface area contributed by atoms with E-state index in [1.165, 1.54) is 7.11 Å². The average Bonchev–Trinajstić information content (AvgIpc) is 2.81. The second-order valence-electron chi connectivity index (χ2n) is 7.00. The molecule has 0 aliphatic rings. The fraction of sp³-hybridized carbons (Fsp3) is 0.154. The lowest BCUT2D eigenvalue weighted by atomic mass is 10.1. The number of methoxy groups -OCH3 is 2. The quantitative estimate of drug-likeness (QED) is 0.393. The van der Waals surface area contributed by atoms with E-state index in [4.69, 9.17) is 9.47 Å². The van der Waals surface area contributed by atoms with E-state index in [1.807, 2.05) is 66.7 Å². The van der Waals surface area contributed by atoms with Crippen LogP contribution in [0.4, 0.5) is 5.69 Å². The van der Waals surface area contributed by atoms with Crippen LogP contribution in [0.5, 0.6) is 5.75 Å². The Morgan fingerprint density at radius 3 is 2.16 bits per heavy atom. The summed E-state index contributed by atoms with van der Waals surface area (Å²) in [6, 6.07) is 22.7. The Morgan fingerprint density at radius 1 is 0.871 bits per heavy atom. The monoisotopic (exact) mass is 415 g/mol. The molecule has 0 unspecified atom stereocenters. The maximum Gasteiger partial charge on any atom is 0.337 e.